The lowest BCUT2D eigenvalue weighted by atomic mass is 9.67. The van der Waals surface area contributed by atoms with Crippen LogP contribution in [0.4, 0.5) is 16.2 Å². The number of hydrogen-bond donors (Lipinski definition) is 1. The van der Waals surface area contributed by atoms with Crippen LogP contribution in [-0.4, -0.2) is 86.1 Å². The molecule has 200 valence electrons. The molecule has 2 aromatic rings. The van der Waals surface area contributed by atoms with Gasteiger partial charge in [-0.1, -0.05) is 6.07 Å². The average molecular weight is 524 g/mol. The molecule has 0 aromatic heterocycles. The monoisotopic (exact) mass is 523 g/mol. The second-order valence-corrected chi connectivity index (χ2v) is 9.85. The van der Waals surface area contributed by atoms with E-state index in [4.69, 9.17) is 9.47 Å². The second-order valence-electron chi connectivity index (χ2n) is 9.85. The highest BCUT2D eigenvalue weighted by Gasteiger charge is 2.62. The van der Waals surface area contributed by atoms with Gasteiger partial charge in [-0.25, -0.2) is 4.79 Å². The summed E-state index contributed by atoms with van der Waals surface area (Å²) in [6.07, 6.45) is 0.296. The third kappa shape index (κ3) is 4.01. The molecule has 12 heteroatoms. The van der Waals surface area contributed by atoms with Crippen molar-refractivity contribution in [2.24, 2.45) is 5.41 Å². The number of rotatable bonds is 6. The zero-order valence-electron chi connectivity index (χ0n) is 21.4. The fraction of sp³-hybridized carbons (Fsp3) is 0.423. The number of benzene rings is 2. The molecule has 0 radical (unpaired) electrons. The summed E-state index contributed by atoms with van der Waals surface area (Å²) in [4.78, 5) is 56.8. The molecule has 3 aliphatic heterocycles. The maximum atomic E-state index is 14.2. The summed E-state index contributed by atoms with van der Waals surface area (Å²) in [7, 11) is 4.98. The molecule has 4 amide bonds. The van der Waals surface area contributed by atoms with Gasteiger partial charge in [0.15, 0.2) is 16.9 Å². The van der Waals surface area contributed by atoms with Gasteiger partial charge in [-0.05, 0) is 42.8 Å². The molecule has 2 fully saturated rings. The molecule has 0 aliphatic carbocycles. The van der Waals surface area contributed by atoms with Crippen molar-refractivity contribution in [1.29, 1.82) is 0 Å². The number of fused-ring (bicyclic) bond motifs is 4. The Morgan fingerprint density at radius 3 is 2.55 bits per heavy atom. The van der Waals surface area contributed by atoms with E-state index in [9.17, 15) is 24.5 Å². The van der Waals surface area contributed by atoms with Crippen LogP contribution in [-0.2, 0) is 22.4 Å². The summed E-state index contributed by atoms with van der Waals surface area (Å²) in [5.74, 6) is -0.173. The van der Waals surface area contributed by atoms with E-state index < -0.39 is 34.2 Å². The normalized spacial score (nSPS) is 23.1. The summed E-state index contributed by atoms with van der Waals surface area (Å²) < 4.78 is 10.6. The predicted octanol–water partition coefficient (Wildman–Crippen LogP) is 1.60. The van der Waals surface area contributed by atoms with Gasteiger partial charge in [-0.15, -0.1) is 0 Å². The Hall–Kier alpha value is -4.19. The number of piperazine rings is 1. The minimum atomic E-state index is -1.61. The van der Waals surface area contributed by atoms with E-state index in [-0.39, 0.29) is 18.7 Å². The SMILES string of the molecule is COc1ccc(CCN2C(=O)NC(=O)[C@@]3(Cc4cc([N+](=O)[O-])ccc4N4CCN(C)C[C@H]43)C2=O)cc1OC. The first kappa shape index (κ1) is 25.5. The van der Waals surface area contributed by atoms with E-state index >= 15 is 0 Å². The summed E-state index contributed by atoms with van der Waals surface area (Å²) in [6, 6.07) is 8.58. The first-order valence-electron chi connectivity index (χ1n) is 12.3. The predicted molar refractivity (Wildman–Crippen MR) is 136 cm³/mol. The van der Waals surface area contributed by atoms with Crippen molar-refractivity contribution in [3.63, 3.8) is 0 Å². The number of nitro benzene ring substituents is 1. The highest BCUT2D eigenvalue weighted by molar-refractivity contribution is 6.20. The van der Waals surface area contributed by atoms with Crippen molar-refractivity contribution in [3.05, 3.63) is 57.6 Å². The molecule has 12 nitrogen and oxygen atoms in total. The van der Waals surface area contributed by atoms with Gasteiger partial charge in [0.25, 0.3) is 5.69 Å². The van der Waals surface area contributed by atoms with Crippen LogP contribution < -0.4 is 19.7 Å². The largest absolute Gasteiger partial charge is 0.493 e. The maximum Gasteiger partial charge on any atom is 0.330 e. The van der Waals surface area contributed by atoms with Gasteiger partial charge in [-0.2, -0.15) is 0 Å². The Morgan fingerprint density at radius 2 is 1.84 bits per heavy atom. The van der Waals surface area contributed by atoms with Gasteiger partial charge in [0.2, 0.25) is 11.8 Å². The molecule has 38 heavy (non-hydrogen) atoms. The highest BCUT2D eigenvalue weighted by Crippen LogP contribution is 2.46. The van der Waals surface area contributed by atoms with Crippen LogP contribution in [0.2, 0.25) is 0 Å². The molecule has 2 saturated heterocycles. The zero-order chi connectivity index (χ0) is 27.2. The van der Waals surface area contributed by atoms with Crippen LogP contribution in [0.15, 0.2) is 36.4 Å². The number of amides is 4. The third-order valence-corrected chi connectivity index (χ3v) is 7.77. The number of barbiturate groups is 1. The Kier molecular flexibility index (Phi) is 6.43. The van der Waals surface area contributed by atoms with Crippen LogP contribution in [0.3, 0.4) is 0 Å². The molecule has 3 aliphatic rings. The summed E-state index contributed by atoms with van der Waals surface area (Å²) in [5.41, 5.74) is 0.406. The molecule has 1 spiro atoms. The van der Waals surface area contributed by atoms with Gasteiger partial charge < -0.3 is 19.3 Å². The van der Waals surface area contributed by atoms with Crippen molar-refractivity contribution < 1.29 is 28.8 Å². The number of likely N-dealkylation sites (N-methyl/N-ethyl adjacent to an activating group) is 1. The number of anilines is 1. The lowest BCUT2D eigenvalue weighted by Crippen LogP contribution is -2.75. The van der Waals surface area contributed by atoms with Crippen LogP contribution in [0.25, 0.3) is 0 Å². The van der Waals surface area contributed by atoms with E-state index in [2.05, 4.69) is 5.32 Å². The third-order valence-electron chi connectivity index (χ3n) is 7.77. The topological polar surface area (TPSA) is 135 Å². The molecule has 0 saturated carbocycles. The number of nitrogens with one attached hydrogen (secondary N) is 1. The van der Waals surface area contributed by atoms with E-state index in [0.717, 1.165) is 16.2 Å². The average Bonchev–Trinajstić information content (AvgIpc) is 2.91. The van der Waals surface area contributed by atoms with E-state index in [1.165, 1.54) is 26.4 Å². The first-order valence-corrected chi connectivity index (χ1v) is 12.3. The molecule has 1 N–H and O–H groups in total. The molecule has 2 aromatic carbocycles. The van der Waals surface area contributed by atoms with Crippen molar-refractivity contribution in [3.8, 4) is 11.5 Å². The van der Waals surface area contributed by atoms with E-state index in [1.54, 1.807) is 18.2 Å². The van der Waals surface area contributed by atoms with Crippen molar-refractivity contribution in [1.82, 2.24) is 15.1 Å². The molecule has 2 atom stereocenters. The summed E-state index contributed by atoms with van der Waals surface area (Å²) in [5, 5.41) is 13.9. The fourth-order valence-corrected chi connectivity index (χ4v) is 5.79. The number of hydrogen-bond acceptors (Lipinski definition) is 9. The summed E-state index contributed by atoms with van der Waals surface area (Å²) in [6.45, 7) is 1.70. The number of carbonyl (C=O) groups excluding carboxylic acids is 3. The molecular weight excluding hydrogens is 494 g/mol. The molecule has 0 unspecified atom stereocenters. The minimum Gasteiger partial charge on any atom is -0.493 e. The summed E-state index contributed by atoms with van der Waals surface area (Å²) >= 11 is 0. The minimum absolute atomic E-state index is 0.0379. The molecular formula is C26H29N5O7. The Bertz CT molecular complexity index is 1330. The number of non-ortho nitro benzene ring substituents is 1. The smallest absolute Gasteiger partial charge is 0.330 e. The molecule has 0 bridgehead atoms. The van der Waals surface area contributed by atoms with Crippen molar-refractivity contribution >= 4 is 29.2 Å². The molecule has 5 rings (SSSR count). The Balaban J connectivity index is 1.51. The Labute approximate surface area is 219 Å². The number of nitrogens with zero attached hydrogens (tertiary/aromatic N) is 4. The van der Waals surface area contributed by atoms with Gasteiger partial charge in [0.1, 0.15) is 0 Å². The second kappa shape index (κ2) is 9.60. The zero-order valence-corrected chi connectivity index (χ0v) is 21.4. The highest BCUT2D eigenvalue weighted by atomic mass is 16.6. The van der Waals surface area contributed by atoms with Crippen LogP contribution >= 0.6 is 0 Å². The van der Waals surface area contributed by atoms with Crippen LogP contribution in [0.1, 0.15) is 11.1 Å². The quantitative estimate of drug-likeness (QED) is 0.340. The standard InChI is InChI=1S/C26H29N5O7/c1-28-10-11-29-19-6-5-18(31(35)36)13-17(19)14-26(22(29)15-28)23(32)27-25(34)30(24(26)33)9-8-16-4-7-20(37-2)21(12-16)38-3/h4-7,12-13,22H,8-11,14-15H2,1-3H3,(H,27,32,34)/t22-,26-/m0/s1. The lowest BCUT2D eigenvalue weighted by molar-refractivity contribution is -0.384. The number of urea groups is 1. The van der Waals surface area contributed by atoms with Crippen LogP contribution in [0, 0.1) is 15.5 Å². The van der Waals surface area contributed by atoms with E-state index in [1.807, 2.05) is 22.9 Å². The Morgan fingerprint density at radius 1 is 1.08 bits per heavy atom. The van der Waals surface area contributed by atoms with Gasteiger partial charge in [0.05, 0.1) is 25.2 Å². The number of ether oxygens (including phenoxy) is 2. The van der Waals surface area contributed by atoms with Crippen molar-refractivity contribution in [2.75, 3.05) is 52.3 Å². The van der Waals surface area contributed by atoms with Gasteiger partial charge in [0, 0.05) is 50.4 Å². The molecule has 3 heterocycles. The number of nitro groups is 1. The van der Waals surface area contributed by atoms with Gasteiger partial charge >= 0.3 is 6.03 Å². The lowest BCUT2D eigenvalue weighted by Gasteiger charge is -2.55. The van der Waals surface area contributed by atoms with Crippen molar-refractivity contribution in [2.45, 2.75) is 18.9 Å². The fourth-order valence-electron chi connectivity index (χ4n) is 5.79. The van der Waals surface area contributed by atoms with Crippen LogP contribution in [0.5, 0.6) is 11.5 Å². The first-order chi connectivity index (χ1) is 18.2. The van der Waals surface area contributed by atoms with E-state index in [0.29, 0.717) is 43.1 Å². The number of methoxy groups -OCH3 is 2. The number of imide groups is 2. The maximum absolute atomic E-state index is 14.2. The van der Waals surface area contributed by atoms with Gasteiger partial charge in [-0.3, -0.25) is 29.9 Å². The number of carbonyl (C=O) groups is 3.